The van der Waals surface area contributed by atoms with Crippen LogP contribution in [0.25, 0.3) is 11.6 Å². The minimum Gasteiger partial charge on any atom is -0.356 e. The Hall–Kier alpha value is -2.56. The maximum absolute atomic E-state index is 5.24. The van der Waals surface area contributed by atoms with Gasteiger partial charge in [-0.2, -0.15) is 4.98 Å². The first-order chi connectivity index (χ1) is 12.8. The van der Waals surface area contributed by atoms with E-state index in [0.717, 1.165) is 24.6 Å². The van der Waals surface area contributed by atoms with Crippen LogP contribution in [0.4, 0.5) is 0 Å². The smallest absolute Gasteiger partial charge is 0.276 e. The Balaban J connectivity index is 0.00000261. The highest BCUT2D eigenvalue weighted by Gasteiger charge is 2.09. The number of halogens is 1. The predicted molar refractivity (Wildman–Crippen MR) is 114 cm³/mol. The summed E-state index contributed by atoms with van der Waals surface area (Å²) in [4.78, 5) is 17.1. The van der Waals surface area contributed by atoms with Gasteiger partial charge in [-0.3, -0.25) is 15.0 Å². The number of nitrogens with zero attached hydrogens (tertiary/aromatic N) is 5. The van der Waals surface area contributed by atoms with E-state index in [1.54, 1.807) is 19.4 Å². The topological polar surface area (TPSA) is 101 Å². The van der Waals surface area contributed by atoms with E-state index in [0.29, 0.717) is 30.4 Å². The van der Waals surface area contributed by atoms with Crippen molar-refractivity contribution in [2.45, 2.75) is 12.8 Å². The van der Waals surface area contributed by atoms with Crippen molar-refractivity contribution in [1.29, 1.82) is 0 Å². The van der Waals surface area contributed by atoms with Crippen LogP contribution in [0.2, 0.25) is 0 Å². The fourth-order valence-corrected chi connectivity index (χ4v) is 2.32. The Morgan fingerprint density at radius 3 is 2.41 bits per heavy atom. The zero-order valence-electron chi connectivity index (χ0n) is 15.0. The molecule has 0 bridgehead atoms. The standard InChI is InChI=1S/C18H21N7O.HI/c1-19-18(22-12-8-14-6-2-4-10-20-14)23-13-9-16-24-17(26-25-16)15-7-3-5-11-21-15;/h2-7,10-11H,8-9,12-13H2,1H3,(H2,19,22,23);1H. The van der Waals surface area contributed by atoms with Gasteiger partial charge in [0.2, 0.25) is 0 Å². The molecule has 3 aromatic rings. The maximum Gasteiger partial charge on any atom is 0.276 e. The molecule has 0 saturated carbocycles. The van der Waals surface area contributed by atoms with E-state index in [4.69, 9.17) is 4.52 Å². The summed E-state index contributed by atoms with van der Waals surface area (Å²) in [5.74, 6) is 1.79. The average Bonchev–Trinajstić information content (AvgIpc) is 3.17. The highest BCUT2D eigenvalue weighted by Crippen LogP contribution is 2.12. The van der Waals surface area contributed by atoms with Crippen molar-refractivity contribution in [3.05, 3.63) is 60.3 Å². The zero-order chi connectivity index (χ0) is 18.0. The third-order valence-corrected chi connectivity index (χ3v) is 3.62. The van der Waals surface area contributed by atoms with Gasteiger partial charge in [0.25, 0.3) is 5.89 Å². The molecule has 0 aliphatic rings. The Morgan fingerprint density at radius 2 is 1.74 bits per heavy atom. The van der Waals surface area contributed by atoms with E-state index in [-0.39, 0.29) is 24.0 Å². The van der Waals surface area contributed by atoms with Gasteiger partial charge in [0, 0.05) is 51.1 Å². The SMILES string of the molecule is CN=C(NCCc1ccccn1)NCCc1noc(-c2ccccn2)n1.I. The molecule has 0 atom stereocenters. The molecule has 2 N–H and O–H groups in total. The fraction of sp³-hybridized carbons (Fsp3) is 0.278. The van der Waals surface area contributed by atoms with Crippen LogP contribution in [0.3, 0.4) is 0 Å². The summed E-state index contributed by atoms with van der Waals surface area (Å²) >= 11 is 0. The number of hydrogen-bond acceptors (Lipinski definition) is 6. The van der Waals surface area contributed by atoms with Crippen molar-refractivity contribution in [2.24, 2.45) is 4.99 Å². The molecule has 0 radical (unpaired) electrons. The molecule has 0 aliphatic heterocycles. The number of rotatable bonds is 7. The van der Waals surface area contributed by atoms with Crippen molar-refractivity contribution in [1.82, 2.24) is 30.7 Å². The van der Waals surface area contributed by atoms with Crippen LogP contribution in [-0.2, 0) is 12.8 Å². The summed E-state index contributed by atoms with van der Waals surface area (Å²) in [5.41, 5.74) is 1.72. The lowest BCUT2D eigenvalue weighted by Gasteiger charge is -2.10. The minimum atomic E-state index is 0. The molecule has 3 heterocycles. The molecule has 0 amide bonds. The first-order valence-corrected chi connectivity index (χ1v) is 8.43. The van der Waals surface area contributed by atoms with Crippen LogP contribution in [0.15, 0.2) is 58.3 Å². The van der Waals surface area contributed by atoms with E-state index in [1.165, 1.54) is 0 Å². The third kappa shape index (κ3) is 6.59. The predicted octanol–water partition coefficient (Wildman–Crippen LogP) is 2.09. The van der Waals surface area contributed by atoms with E-state index < -0.39 is 0 Å². The lowest BCUT2D eigenvalue weighted by atomic mass is 10.3. The Morgan fingerprint density at radius 1 is 1.00 bits per heavy atom. The highest BCUT2D eigenvalue weighted by molar-refractivity contribution is 14.0. The first kappa shape index (κ1) is 20.7. The molecule has 0 spiro atoms. The summed E-state index contributed by atoms with van der Waals surface area (Å²) in [5, 5.41) is 10.5. The molecule has 27 heavy (non-hydrogen) atoms. The van der Waals surface area contributed by atoms with Gasteiger partial charge in [0.15, 0.2) is 11.8 Å². The molecule has 0 unspecified atom stereocenters. The molecule has 0 aliphatic carbocycles. The van der Waals surface area contributed by atoms with Crippen molar-refractivity contribution in [2.75, 3.05) is 20.1 Å². The van der Waals surface area contributed by atoms with E-state index >= 15 is 0 Å². The van der Waals surface area contributed by atoms with Crippen molar-refractivity contribution in [3.8, 4) is 11.6 Å². The second-order valence-corrected chi connectivity index (χ2v) is 5.48. The summed E-state index contributed by atoms with van der Waals surface area (Å²) in [7, 11) is 1.74. The van der Waals surface area contributed by atoms with Gasteiger partial charge >= 0.3 is 0 Å². The average molecular weight is 479 g/mol. The van der Waals surface area contributed by atoms with Crippen LogP contribution in [0.5, 0.6) is 0 Å². The third-order valence-electron chi connectivity index (χ3n) is 3.62. The number of aromatic nitrogens is 4. The normalized spacial score (nSPS) is 10.9. The molecule has 0 aromatic carbocycles. The van der Waals surface area contributed by atoms with Gasteiger partial charge in [0.05, 0.1) is 0 Å². The van der Waals surface area contributed by atoms with Crippen molar-refractivity contribution in [3.63, 3.8) is 0 Å². The fourth-order valence-electron chi connectivity index (χ4n) is 2.32. The zero-order valence-corrected chi connectivity index (χ0v) is 17.3. The summed E-state index contributed by atoms with van der Waals surface area (Å²) in [6.07, 6.45) is 4.95. The minimum absolute atomic E-state index is 0. The lowest BCUT2D eigenvalue weighted by Crippen LogP contribution is -2.39. The van der Waals surface area contributed by atoms with E-state index in [2.05, 4.69) is 35.7 Å². The number of aliphatic imine (C=N–C) groups is 1. The number of hydrogen-bond donors (Lipinski definition) is 2. The largest absolute Gasteiger partial charge is 0.356 e. The van der Waals surface area contributed by atoms with Gasteiger partial charge in [-0.05, 0) is 24.3 Å². The molecule has 9 heteroatoms. The van der Waals surface area contributed by atoms with Gasteiger partial charge in [0.1, 0.15) is 5.69 Å². The quantitative estimate of drug-likeness (QED) is 0.304. The Bertz CT molecular complexity index is 824. The van der Waals surface area contributed by atoms with Crippen LogP contribution in [0.1, 0.15) is 11.5 Å². The molecule has 0 fully saturated rings. The number of guanidine groups is 1. The van der Waals surface area contributed by atoms with E-state index in [1.807, 2.05) is 36.4 Å². The van der Waals surface area contributed by atoms with E-state index in [9.17, 15) is 0 Å². The molecular weight excluding hydrogens is 457 g/mol. The van der Waals surface area contributed by atoms with Gasteiger partial charge in [-0.25, -0.2) is 0 Å². The molecular formula is C18H22IN7O. The van der Waals surface area contributed by atoms with Gasteiger partial charge in [-0.15, -0.1) is 24.0 Å². The second-order valence-electron chi connectivity index (χ2n) is 5.48. The molecule has 3 aromatic heterocycles. The van der Waals surface area contributed by atoms with Crippen LogP contribution in [-0.4, -0.2) is 46.2 Å². The molecule has 142 valence electrons. The van der Waals surface area contributed by atoms with Crippen LogP contribution in [0, 0.1) is 0 Å². The van der Waals surface area contributed by atoms with Crippen molar-refractivity contribution < 1.29 is 4.52 Å². The van der Waals surface area contributed by atoms with Crippen LogP contribution < -0.4 is 10.6 Å². The monoisotopic (exact) mass is 479 g/mol. The lowest BCUT2D eigenvalue weighted by molar-refractivity contribution is 0.421. The molecule has 3 rings (SSSR count). The van der Waals surface area contributed by atoms with Crippen molar-refractivity contribution >= 4 is 29.9 Å². The number of pyridine rings is 2. The number of nitrogens with one attached hydrogen (secondary N) is 2. The maximum atomic E-state index is 5.24. The van der Waals surface area contributed by atoms with Gasteiger partial charge in [-0.1, -0.05) is 17.3 Å². The Labute approximate surface area is 174 Å². The summed E-state index contributed by atoms with van der Waals surface area (Å²) in [6, 6.07) is 11.5. The van der Waals surface area contributed by atoms with Crippen LogP contribution >= 0.6 is 24.0 Å². The highest BCUT2D eigenvalue weighted by atomic mass is 127. The summed E-state index contributed by atoms with van der Waals surface area (Å²) < 4.78 is 5.24. The summed E-state index contributed by atoms with van der Waals surface area (Å²) in [6.45, 7) is 1.40. The Kier molecular flexibility index (Phi) is 8.62. The second kappa shape index (κ2) is 11.2. The molecule has 8 nitrogen and oxygen atoms in total. The first-order valence-electron chi connectivity index (χ1n) is 8.43. The van der Waals surface area contributed by atoms with Gasteiger partial charge < -0.3 is 15.2 Å². The molecule has 0 saturated heterocycles.